The van der Waals surface area contributed by atoms with Gasteiger partial charge in [-0.2, -0.15) is 0 Å². The van der Waals surface area contributed by atoms with Crippen molar-refractivity contribution in [3.8, 4) is 0 Å². The molecule has 2 aromatic rings. The molecule has 2 rings (SSSR count). The van der Waals surface area contributed by atoms with Crippen molar-refractivity contribution in [2.24, 2.45) is 0 Å². The molecule has 0 aliphatic rings. The predicted octanol–water partition coefficient (Wildman–Crippen LogP) is 3.76. The van der Waals surface area contributed by atoms with Crippen LogP contribution in [0.25, 0.3) is 0 Å². The Morgan fingerprint density at radius 2 is 1.79 bits per heavy atom. The lowest BCUT2D eigenvalue weighted by atomic mass is 10.2. The third-order valence-electron chi connectivity index (χ3n) is 3.31. The molecule has 0 fully saturated rings. The van der Waals surface area contributed by atoms with Crippen LogP contribution in [0, 0.1) is 5.82 Å². The fraction of sp³-hybridized carbons (Fsp3) is 0.176. The molecule has 7 heteroatoms. The number of benzene rings is 2. The molecule has 3 amide bonds. The Morgan fingerprint density at radius 3 is 2.46 bits per heavy atom. The van der Waals surface area contributed by atoms with E-state index in [4.69, 9.17) is 0 Å². The van der Waals surface area contributed by atoms with Gasteiger partial charge in [0.2, 0.25) is 5.91 Å². The molecule has 2 N–H and O–H groups in total. The minimum Gasteiger partial charge on any atom is -0.337 e. The number of hydrogen-bond acceptors (Lipinski definition) is 2. The van der Waals surface area contributed by atoms with E-state index in [9.17, 15) is 14.0 Å². The molecule has 0 spiro atoms. The molecule has 24 heavy (non-hydrogen) atoms. The number of carbonyl (C=O) groups excluding carboxylic acids is 2. The van der Waals surface area contributed by atoms with E-state index in [-0.39, 0.29) is 24.6 Å². The molecular weight excluding hydrogens is 377 g/mol. The van der Waals surface area contributed by atoms with Gasteiger partial charge in [-0.15, -0.1) is 0 Å². The maximum absolute atomic E-state index is 13.6. The van der Waals surface area contributed by atoms with Crippen molar-refractivity contribution in [3.05, 3.63) is 58.8 Å². The molecule has 5 nitrogen and oxygen atoms in total. The fourth-order valence-electron chi connectivity index (χ4n) is 2.02. The van der Waals surface area contributed by atoms with Gasteiger partial charge in [-0.05, 0) is 36.4 Å². The molecule has 0 aliphatic carbocycles. The lowest BCUT2D eigenvalue weighted by Gasteiger charge is -2.18. The van der Waals surface area contributed by atoms with E-state index in [0.717, 1.165) is 4.47 Å². The summed E-state index contributed by atoms with van der Waals surface area (Å²) in [6.07, 6.45) is 0.0680. The molecule has 0 saturated carbocycles. The summed E-state index contributed by atoms with van der Waals surface area (Å²) in [6.45, 7) is 0.153. The Bertz CT molecular complexity index is 722. The molecule has 126 valence electrons. The van der Waals surface area contributed by atoms with Crippen LogP contribution in [0.4, 0.5) is 20.6 Å². The van der Waals surface area contributed by atoms with Crippen molar-refractivity contribution in [1.82, 2.24) is 5.32 Å². The van der Waals surface area contributed by atoms with Crippen LogP contribution in [0.2, 0.25) is 0 Å². The van der Waals surface area contributed by atoms with Crippen LogP contribution >= 0.6 is 15.9 Å². The second-order valence-corrected chi connectivity index (χ2v) is 5.96. The quantitative estimate of drug-likeness (QED) is 0.811. The summed E-state index contributed by atoms with van der Waals surface area (Å²) in [5, 5.41) is 5.25. The van der Waals surface area contributed by atoms with Crippen molar-refractivity contribution >= 4 is 39.2 Å². The first-order valence-electron chi connectivity index (χ1n) is 7.29. The number of anilines is 2. The molecule has 0 aromatic heterocycles. The zero-order valence-electron chi connectivity index (χ0n) is 13.1. The van der Waals surface area contributed by atoms with Crippen molar-refractivity contribution in [2.45, 2.75) is 6.42 Å². The number of para-hydroxylation sites is 1. The number of nitrogens with one attached hydrogen (secondary N) is 2. The van der Waals surface area contributed by atoms with Crippen LogP contribution in [-0.2, 0) is 4.79 Å². The first kappa shape index (κ1) is 17.9. The molecule has 0 heterocycles. The number of hydrogen-bond donors (Lipinski definition) is 2. The highest BCUT2D eigenvalue weighted by Gasteiger charge is 2.14. The standard InChI is InChI=1S/C17H17BrFN3O2/c1-22(15-5-3-2-4-14(15)19)16(23)10-11-20-17(24)21-13-8-6-12(18)7-9-13/h2-9H,10-11H2,1H3,(H2,20,21,24). The van der Waals surface area contributed by atoms with E-state index < -0.39 is 11.8 Å². The van der Waals surface area contributed by atoms with Gasteiger partial charge in [0.1, 0.15) is 5.82 Å². The first-order chi connectivity index (χ1) is 11.5. The van der Waals surface area contributed by atoms with Crippen LogP contribution < -0.4 is 15.5 Å². The third kappa shape index (κ3) is 5.06. The zero-order chi connectivity index (χ0) is 17.5. The smallest absolute Gasteiger partial charge is 0.319 e. The molecule has 0 saturated heterocycles. The maximum atomic E-state index is 13.6. The summed E-state index contributed by atoms with van der Waals surface area (Å²) < 4.78 is 14.6. The third-order valence-corrected chi connectivity index (χ3v) is 3.84. The molecule has 0 unspecified atom stereocenters. The molecule has 0 radical (unpaired) electrons. The monoisotopic (exact) mass is 393 g/mol. The van der Waals surface area contributed by atoms with E-state index >= 15 is 0 Å². The Balaban J connectivity index is 1.78. The fourth-order valence-corrected chi connectivity index (χ4v) is 2.28. The van der Waals surface area contributed by atoms with E-state index in [1.165, 1.54) is 24.1 Å². The minimum absolute atomic E-state index is 0.0680. The second kappa shape index (κ2) is 8.44. The summed E-state index contributed by atoms with van der Waals surface area (Å²) in [4.78, 5) is 25.0. The normalized spacial score (nSPS) is 10.1. The zero-order valence-corrected chi connectivity index (χ0v) is 14.6. The Hall–Kier alpha value is -2.41. The van der Waals surface area contributed by atoms with Gasteiger partial charge in [-0.25, -0.2) is 9.18 Å². The number of rotatable bonds is 5. The largest absolute Gasteiger partial charge is 0.337 e. The first-order valence-corrected chi connectivity index (χ1v) is 8.08. The lowest BCUT2D eigenvalue weighted by molar-refractivity contribution is -0.118. The number of nitrogens with zero attached hydrogens (tertiary/aromatic N) is 1. The van der Waals surface area contributed by atoms with Gasteiger partial charge < -0.3 is 15.5 Å². The van der Waals surface area contributed by atoms with Gasteiger partial charge >= 0.3 is 6.03 Å². The molecule has 0 atom stereocenters. The van der Waals surface area contributed by atoms with Gasteiger partial charge in [0.15, 0.2) is 0 Å². The number of amides is 3. The van der Waals surface area contributed by atoms with Crippen LogP contribution in [0.5, 0.6) is 0 Å². The predicted molar refractivity (Wildman–Crippen MR) is 95.6 cm³/mol. The minimum atomic E-state index is -0.464. The van der Waals surface area contributed by atoms with Gasteiger partial charge in [0.25, 0.3) is 0 Å². The van der Waals surface area contributed by atoms with Crippen molar-refractivity contribution in [1.29, 1.82) is 0 Å². The van der Waals surface area contributed by atoms with Crippen molar-refractivity contribution in [2.75, 3.05) is 23.8 Å². The Labute approximate surface area is 148 Å². The van der Waals surface area contributed by atoms with Crippen molar-refractivity contribution in [3.63, 3.8) is 0 Å². The van der Waals surface area contributed by atoms with Gasteiger partial charge in [0, 0.05) is 30.2 Å². The molecule has 0 aliphatic heterocycles. The van der Waals surface area contributed by atoms with Gasteiger partial charge in [-0.1, -0.05) is 28.1 Å². The lowest BCUT2D eigenvalue weighted by Crippen LogP contribution is -2.34. The second-order valence-electron chi connectivity index (χ2n) is 5.04. The Kier molecular flexibility index (Phi) is 6.31. The van der Waals surface area contributed by atoms with Crippen LogP contribution in [-0.4, -0.2) is 25.5 Å². The summed E-state index contributed by atoms with van der Waals surface area (Å²) in [6, 6.07) is 12.8. The van der Waals surface area contributed by atoms with E-state index in [1.807, 2.05) is 12.1 Å². The van der Waals surface area contributed by atoms with E-state index in [0.29, 0.717) is 5.69 Å². The van der Waals surface area contributed by atoms with Crippen LogP contribution in [0.1, 0.15) is 6.42 Å². The summed E-state index contributed by atoms with van der Waals surface area (Å²) in [7, 11) is 1.50. The van der Waals surface area contributed by atoms with Gasteiger partial charge in [0.05, 0.1) is 5.69 Å². The number of urea groups is 1. The average molecular weight is 394 g/mol. The highest BCUT2D eigenvalue weighted by Crippen LogP contribution is 2.17. The number of halogens is 2. The Morgan fingerprint density at radius 1 is 1.12 bits per heavy atom. The summed E-state index contributed by atoms with van der Waals surface area (Å²) >= 11 is 3.31. The maximum Gasteiger partial charge on any atom is 0.319 e. The summed E-state index contributed by atoms with van der Waals surface area (Å²) in [5.74, 6) is -0.752. The highest BCUT2D eigenvalue weighted by molar-refractivity contribution is 9.10. The SMILES string of the molecule is CN(C(=O)CCNC(=O)Nc1ccc(Br)cc1)c1ccccc1F. The topological polar surface area (TPSA) is 61.4 Å². The van der Waals surface area contributed by atoms with Crippen molar-refractivity contribution < 1.29 is 14.0 Å². The van der Waals surface area contributed by atoms with Crippen LogP contribution in [0.15, 0.2) is 53.0 Å². The average Bonchev–Trinajstić information content (AvgIpc) is 2.56. The van der Waals surface area contributed by atoms with E-state index in [1.54, 1.807) is 24.3 Å². The molecular formula is C17H17BrFN3O2. The molecule has 0 bridgehead atoms. The number of carbonyl (C=O) groups is 2. The highest BCUT2D eigenvalue weighted by atomic mass is 79.9. The summed E-state index contributed by atoms with van der Waals surface area (Å²) in [5.41, 5.74) is 0.854. The van der Waals surface area contributed by atoms with E-state index in [2.05, 4.69) is 26.6 Å². The van der Waals surface area contributed by atoms with Crippen LogP contribution in [0.3, 0.4) is 0 Å². The molecule has 2 aromatic carbocycles. The van der Waals surface area contributed by atoms with Gasteiger partial charge in [-0.3, -0.25) is 4.79 Å².